The Balaban J connectivity index is 1.64. The number of anilines is 1. The number of hydrogen-bond donors (Lipinski definition) is 2. The molecule has 4 aromatic rings. The molecule has 0 saturated carbocycles. The quantitative estimate of drug-likeness (QED) is 0.320. The fraction of sp³-hybridized carbons (Fsp3) is 0.174. The van der Waals surface area contributed by atoms with Crippen molar-refractivity contribution < 1.29 is 4.79 Å². The average molecular weight is 465 g/mol. The maximum Gasteiger partial charge on any atom is 0.227 e. The van der Waals surface area contributed by atoms with E-state index in [0.29, 0.717) is 16.2 Å². The van der Waals surface area contributed by atoms with Gasteiger partial charge in [-0.05, 0) is 23.1 Å². The van der Waals surface area contributed by atoms with E-state index in [1.54, 1.807) is 11.3 Å². The lowest BCUT2D eigenvalue weighted by atomic mass is 9.98. The first-order chi connectivity index (χ1) is 15.1. The van der Waals surface area contributed by atoms with E-state index in [9.17, 15) is 4.79 Å². The van der Waals surface area contributed by atoms with Crippen LogP contribution in [-0.4, -0.2) is 21.6 Å². The van der Waals surface area contributed by atoms with E-state index in [1.165, 1.54) is 33.3 Å². The zero-order chi connectivity index (χ0) is 21.4. The predicted molar refractivity (Wildman–Crippen MR) is 131 cm³/mol. The van der Waals surface area contributed by atoms with Gasteiger partial charge in [-0.15, -0.1) is 23.1 Å². The summed E-state index contributed by atoms with van der Waals surface area (Å²) in [5.41, 5.74) is 15.5. The summed E-state index contributed by atoms with van der Waals surface area (Å²) in [5, 5.41) is 1.96. The van der Waals surface area contributed by atoms with Crippen molar-refractivity contribution in [3.8, 4) is 0 Å². The molecule has 4 N–H and O–H groups in total. The van der Waals surface area contributed by atoms with Crippen molar-refractivity contribution in [2.75, 3.05) is 11.5 Å². The average Bonchev–Trinajstić information content (AvgIpc) is 3.17. The highest BCUT2D eigenvalue weighted by Gasteiger charge is 2.34. The van der Waals surface area contributed by atoms with Crippen molar-refractivity contribution in [2.24, 2.45) is 5.73 Å². The Kier molecular flexibility index (Phi) is 5.60. The zero-order valence-corrected chi connectivity index (χ0v) is 19.0. The smallest absolute Gasteiger partial charge is 0.227 e. The van der Waals surface area contributed by atoms with Gasteiger partial charge in [0.25, 0.3) is 0 Å². The molecule has 0 unspecified atom stereocenters. The van der Waals surface area contributed by atoms with Crippen LogP contribution >= 0.6 is 34.9 Å². The third-order valence-corrected chi connectivity index (χ3v) is 8.99. The molecule has 0 aliphatic carbocycles. The summed E-state index contributed by atoms with van der Waals surface area (Å²) in [5.74, 6) is 0.207. The van der Waals surface area contributed by atoms with Gasteiger partial charge in [-0.25, -0.2) is 9.97 Å². The van der Waals surface area contributed by atoms with Crippen LogP contribution < -0.4 is 11.5 Å². The van der Waals surface area contributed by atoms with E-state index in [1.807, 2.05) is 23.9 Å². The van der Waals surface area contributed by atoms with Gasteiger partial charge in [0.15, 0.2) is 5.16 Å². The fourth-order valence-corrected chi connectivity index (χ4v) is 7.55. The normalized spacial score (nSPS) is 18.1. The van der Waals surface area contributed by atoms with Crippen LogP contribution in [0.4, 0.5) is 5.82 Å². The maximum absolute atomic E-state index is 11.2. The van der Waals surface area contributed by atoms with Gasteiger partial charge in [-0.3, -0.25) is 4.79 Å². The largest absolute Gasteiger partial charge is 0.383 e. The van der Waals surface area contributed by atoms with E-state index in [-0.39, 0.29) is 11.0 Å². The molecule has 0 bridgehead atoms. The SMILES string of the molecule is NC(=O)CSc1nc(N)c2c3c(sc2n1)[C@H](c1ccccc1)S[C@@H](c1ccccc1)C3. The standard InChI is InChI=1S/C23H20N4OS3/c24-17(28)12-29-23-26-21(25)18-15-11-16(13-7-3-1-4-8-13)30-19(14-9-5-2-6-10-14)20(15)31-22(18)27-23/h1-10,16,19H,11-12H2,(H2,24,28)(H2,25,26,27)/t16-,19+/m1/s1. The number of aromatic nitrogens is 2. The molecule has 2 atom stereocenters. The number of nitrogens with zero attached hydrogens (tertiary/aromatic N) is 2. The molecule has 31 heavy (non-hydrogen) atoms. The fourth-order valence-electron chi connectivity index (χ4n) is 3.88. The third-order valence-electron chi connectivity index (χ3n) is 5.23. The van der Waals surface area contributed by atoms with E-state index in [4.69, 9.17) is 16.5 Å². The zero-order valence-electron chi connectivity index (χ0n) is 16.5. The summed E-state index contributed by atoms with van der Waals surface area (Å²) in [6.45, 7) is 0. The van der Waals surface area contributed by atoms with Crippen LogP contribution in [0.5, 0.6) is 0 Å². The van der Waals surface area contributed by atoms with Gasteiger partial charge in [0, 0.05) is 10.1 Å². The number of carbonyl (C=O) groups is 1. The molecule has 0 fully saturated rings. The summed E-state index contributed by atoms with van der Waals surface area (Å²) >= 11 is 4.88. The molecule has 0 spiro atoms. The number of rotatable bonds is 5. The summed E-state index contributed by atoms with van der Waals surface area (Å²) < 4.78 is 0. The number of fused-ring (bicyclic) bond motifs is 3. The van der Waals surface area contributed by atoms with Crippen molar-refractivity contribution in [3.05, 3.63) is 82.2 Å². The van der Waals surface area contributed by atoms with Gasteiger partial charge < -0.3 is 11.5 Å². The van der Waals surface area contributed by atoms with Crippen molar-refractivity contribution in [3.63, 3.8) is 0 Å². The molecule has 2 aromatic heterocycles. The van der Waals surface area contributed by atoms with Crippen molar-refractivity contribution in [1.82, 2.24) is 9.97 Å². The number of nitrogens with two attached hydrogens (primary N) is 2. The second-order valence-corrected chi connectivity index (χ2v) is 10.6. The van der Waals surface area contributed by atoms with Crippen LogP contribution in [0.25, 0.3) is 10.2 Å². The molecular weight excluding hydrogens is 444 g/mol. The number of nitrogen functional groups attached to an aromatic ring is 1. The van der Waals surface area contributed by atoms with Crippen LogP contribution in [-0.2, 0) is 11.2 Å². The lowest BCUT2D eigenvalue weighted by molar-refractivity contribution is -0.115. The number of hydrogen-bond acceptors (Lipinski definition) is 7. The second kappa shape index (κ2) is 8.53. The molecular formula is C23H20N4OS3. The lowest BCUT2D eigenvalue weighted by Gasteiger charge is -2.30. The molecule has 3 heterocycles. The first-order valence-electron chi connectivity index (χ1n) is 9.85. The molecule has 1 aliphatic heterocycles. The number of primary amides is 1. The van der Waals surface area contributed by atoms with Crippen molar-refractivity contribution in [1.29, 1.82) is 0 Å². The lowest BCUT2D eigenvalue weighted by Crippen LogP contribution is -2.13. The Hall–Kier alpha value is -2.55. The van der Waals surface area contributed by atoms with Gasteiger partial charge in [0.1, 0.15) is 10.6 Å². The molecule has 0 saturated heterocycles. The monoisotopic (exact) mass is 464 g/mol. The molecule has 1 aliphatic rings. The highest BCUT2D eigenvalue weighted by molar-refractivity contribution is 8.00. The van der Waals surface area contributed by atoms with E-state index >= 15 is 0 Å². The third kappa shape index (κ3) is 4.03. The van der Waals surface area contributed by atoms with Gasteiger partial charge >= 0.3 is 0 Å². The Morgan fingerprint density at radius 3 is 2.39 bits per heavy atom. The van der Waals surface area contributed by atoms with Gasteiger partial charge in [0.2, 0.25) is 5.91 Å². The molecule has 0 radical (unpaired) electrons. The van der Waals surface area contributed by atoms with Gasteiger partial charge in [-0.1, -0.05) is 72.4 Å². The Bertz CT molecular complexity index is 1240. The second-order valence-electron chi connectivity index (χ2n) is 7.30. The van der Waals surface area contributed by atoms with Crippen LogP contribution in [0.2, 0.25) is 0 Å². The van der Waals surface area contributed by atoms with Gasteiger partial charge in [-0.2, -0.15) is 0 Å². The van der Waals surface area contributed by atoms with Crippen LogP contribution in [0.15, 0.2) is 65.8 Å². The highest BCUT2D eigenvalue weighted by atomic mass is 32.2. The minimum Gasteiger partial charge on any atom is -0.383 e. The molecule has 2 aromatic carbocycles. The Labute approximate surface area is 192 Å². The number of carbonyl (C=O) groups excluding carboxylic acids is 1. The molecule has 5 nitrogen and oxygen atoms in total. The summed E-state index contributed by atoms with van der Waals surface area (Å²) in [6, 6.07) is 21.2. The molecule has 8 heteroatoms. The first-order valence-corrected chi connectivity index (χ1v) is 12.6. The number of thiophene rings is 1. The molecule has 156 valence electrons. The van der Waals surface area contributed by atoms with E-state index < -0.39 is 5.91 Å². The summed E-state index contributed by atoms with van der Waals surface area (Å²) in [7, 11) is 0. The van der Waals surface area contributed by atoms with Crippen LogP contribution in [0, 0.1) is 0 Å². The molecule has 1 amide bonds. The van der Waals surface area contributed by atoms with E-state index in [2.05, 4.69) is 53.5 Å². The van der Waals surface area contributed by atoms with Crippen LogP contribution in [0.1, 0.15) is 32.1 Å². The minimum atomic E-state index is -0.399. The number of benzene rings is 2. The number of amides is 1. The maximum atomic E-state index is 11.2. The predicted octanol–water partition coefficient (Wildman–Crippen LogP) is 4.97. The number of thioether (sulfide) groups is 2. The Morgan fingerprint density at radius 1 is 1.03 bits per heavy atom. The summed E-state index contributed by atoms with van der Waals surface area (Å²) in [4.78, 5) is 22.5. The topological polar surface area (TPSA) is 94.9 Å². The van der Waals surface area contributed by atoms with Crippen molar-refractivity contribution in [2.45, 2.75) is 22.1 Å². The Morgan fingerprint density at radius 2 is 1.71 bits per heavy atom. The highest BCUT2D eigenvalue weighted by Crippen LogP contribution is 2.55. The summed E-state index contributed by atoms with van der Waals surface area (Å²) in [6.07, 6.45) is 0.884. The van der Waals surface area contributed by atoms with E-state index in [0.717, 1.165) is 16.6 Å². The molecule has 5 rings (SSSR count). The van der Waals surface area contributed by atoms with Crippen LogP contribution in [0.3, 0.4) is 0 Å². The first kappa shape index (κ1) is 20.4. The minimum absolute atomic E-state index is 0.134. The van der Waals surface area contributed by atoms with Gasteiger partial charge in [0.05, 0.1) is 16.4 Å². The van der Waals surface area contributed by atoms with Crippen molar-refractivity contribution >= 4 is 56.8 Å².